The predicted octanol–water partition coefficient (Wildman–Crippen LogP) is 1.24. The van der Waals surface area contributed by atoms with Crippen molar-refractivity contribution in [2.75, 3.05) is 11.5 Å². The number of sulfone groups is 1. The maximum Gasteiger partial charge on any atom is 0.267 e. The van der Waals surface area contributed by atoms with Crippen molar-refractivity contribution in [3.8, 4) is 0 Å². The minimum atomic E-state index is -3.10. The molecule has 0 aromatic heterocycles. The molecule has 0 unspecified atom stereocenters. The summed E-state index contributed by atoms with van der Waals surface area (Å²) >= 11 is 0. The standard InChI is InChI=1S/C16H27N3O4S/c1-3-4-5-6-12(2)17-16(21)14-7-8-15(20)19(18-14)13-9-10-24(22,23)11-13/h12-13H,3-11H2,1-2H3,(H,17,21)/t12-,13+/m1/s1. The summed E-state index contributed by atoms with van der Waals surface area (Å²) in [6.45, 7) is 4.10. The highest BCUT2D eigenvalue weighted by molar-refractivity contribution is 7.91. The zero-order valence-electron chi connectivity index (χ0n) is 14.5. The van der Waals surface area contributed by atoms with E-state index in [-0.39, 0.29) is 35.8 Å². The van der Waals surface area contributed by atoms with Gasteiger partial charge in [0.1, 0.15) is 5.71 Å². The molecule has 2 aliphatic rings. The van der Waals surface area contributed by atoms with Gasteiger partial charge in [0, 0.05) is 18.9 Å². The zero-order chi connectivity index (χ0) is 17.7. The van der Waals surface area contributed by atoms with Gasteiger partial charge in [0.2, 0.25) is 5.91 Å². The summed E-state index contributed by atoms with van der Waals surface area (Å²) in [5.74, 6) is -0.445. The fraction of sp³-hybridized carbons (Fsp3) is 0.812. The van der Waals surface area contributed by atoms with E-state index in [1.165, 1.54) is 5.01 Å². The topological polar surface area (TPSA) is 95.9 Å². The van der Waals surface area contributed by atoms with E-state index in [0.717, 1.165) is 25.7 Å². The quantitative estimate of drug-likeness (QED) is 0.693. The Bertz CT molecular complexity index is 615. The molecule has 2 rings (SSSR count). The Kier molecular flexibility index (Phi) is 6.37. The summed E-state index contributed by atoms with van der Waals surface area (Å²) in [7, 11) is -3.10. The smallest absolute Gasteiger partial charge is 0.267 e. The van der Waals surface area contributed by atoms with Crippen molar-refractivity contribution in [3.05, 3.63) is 0 Å². The van der Waals surface area contributed by atoms with Crippen LogP contribution in [0.1, 0.15) is 58.8 Å². The number of nitrogens with one attached hydrogen (secondary N) is 1. The molecule has 0 aliphatic carbocycles. The molecule has 1 saturated heterocycles. The van der Waals surface area contributed by atoms with Crippen LogP contribution in [0.2, 0.25) is 0 Å². The Labute approximate surface area is 143 Å². The van der Waals surface area contributed by atoms with Gasteiger partial charge in [-0.2, -0.15) is 5.10 Å². The lowest BCUT2D eigenvalue weighted by Gasteiger charge is -2.28. The molecule has 2 amide bonds. The van der Waals surface area contributed by atoms with Crippen molar-refractivity contribution in [1.82, 2.24) is 10.3 Å². The van der Waals surface area contributed by atoms with E-state index < -0.39 is 15.9 Å². The summed E-state index contributed by atoms with van der Waals surface area (Å²) in [5, 5.41) is 8.34. The second kappa shape index (κ2) is 8.09. The van der Waals surface area contributed by atoms with E-state index >= 15 is 0 Å². The molecule has 0 saturated carbocycles. The van der Waals surface area contributed by atoms with Crippen LogP contribution >= 0.6 is 0 Å². The Morgan fingerprint density at radius 1 is 1.38 bits per heavy atom. The van der Waals surface area contributed by atoms with E-state index in [4.69, 9.17) is 0 Å². The van der Waals surface area contributed by atoms with E-state index in [0.29, 0.717) is 18.6 Å². The van der Waals surface area contributed by atoms with Gasteiger partial charge in [0.05, 0.1) is 17.5 Å². The molecule has 2 aliphatic heterocycles. The van der Waals surface area contributed by atoms with Crippen molar-refractivity contribution in [2.24, 2.45) is 5.10 Å². The molecule has 0 bridgehead atoms. The molecule has 2 atom stereocenters. The van der Waals surface area contributed by atoms with E-state index in [1.54, 1.807) is 0 Å². The maximum absolute atomic E-state index is 12.3. The first-order valence-electron chi connectivity index (χ1n) is 8.73. The number of hydrogen-bond donors (Lipinski definition) is 1. The van der Waals surface area contributed by atoms with Gasteiger partial charge in [0.25, 0.3) is 5.91 Å². The molecule has 8 heteroatoms. The van der Waals surface area contributed by atoms with E-state index in [1.807, 2.05) is 6.92 Å². The minimum Gasteiger partial charge on any atom is -0.348 e. The largest absolute Gasteiger partial charge is 0.348 e. The highest BCUT2D eigenvalue weighted by atomic mass is 32.2. The average molecular weight is 357 g/mol. The fourth-order valence-electron chi connectivity index (χ4n) is 3.07. The van der Waals surface area contributed by atoms with Crippen LogP contribution in [0.5, 0.6) is 0 Å². The summed E-state index contributed by atoms with van der Waals surface area (Å²) in [4.78, 5) is 24.4. The average Bonchev–Trinajstić information content (AvgIpc) is 2.87. The summed E-state index contributed by atoms with van der Waals surface area (Å²) in [6.07, 6.45) is 5.15. The number of amides is 2. The normalized spacial score (nSPS) is 24.6. The molecular formula is C16H27N3O4S. The Hall–Kier alpha value is -1.44. The van der Waals surface area contributed by atoms with Gasteiger partial charge >= 0.3 is 0 Å². The highest BCUT2D eigenvalue weighted by Gasteiger charge is 2.37. The summed E-state index contributed by atoms with van der Waals surface area (Å²) < 4.78 is 23.2. The first-order valence-corrected chi connectivity index (χ1v) is 10.6. The van der Waals surface area contributed by atoms with Crippen LogP contribution in [0.15, 0.2) is 5.10 Å². The fourth-order valence-corrected chi connectivity index (χ4v) is 4.76. The SMILES string of the molecule is CCCCC[C@@H](C)NC(=O)C1=NN([C@H]2CCS(=O)(=O)C2)C(=O)CC1. The monoisotopic (exact) mass is 357 g/mol. The van der Waals surface area contributed by atoms with Crippen molar-refractivity contribution in [2.45, 2.75) is 70.9 Å². The van der Waals surface area contributed by atoms with Gasteiger partial charge in [-0.25, -0.2) is 13.4 Å². The van der Waals surface area contributed by atoms with Crippen LogP contribution in [0.4, 0.5) is 0 Å². The Morgan fingerprint density at radius 3 is 2.75 bits per heavy atom. The number of rotatable bonds is 7. The summed E-state index contributed by atoms with van der Waals surface area (Å²) in [5.41, 5.74) is 0.321. The molecule has 2 heterocycles. The number of unbranched alkanes of at least 4 members (excludes halogenated alkanes) is 2. The Balaban J connectivity index is 1.97. The zero-order valence-corrected chi connectivity index (χ0v) is 15.3. The van der Waals surface area contributed by atoms with Crippen LogP contribution in [0.25, 0.3) is 0 Å². The maximum atomic E-state index is 12.3. The molecule has 1 N–H and O–H groups in total. The summed E-state index contributed by atoms with van der Waals surface area (Å²) in [6, 6.07) is -0.378. The van der Waals surface area contributed by atoms with Crippen LogP contribution in [0, 0.1) is 0 Å². The molecular weight excluding hydrogens is 330 g/mol. The third-order valence-electron chi connectivity index (χ3n) is 4.49. The van der Waals surface area contributed by atoms with Crippen LogP contribution < -0.4 is 5.32 Å². The van der Waals surface area contributed by atoms with Gasteiger partial charge in [-0.1, -0.05) is 26.2 Å². The molecule has 24 heavy (non-hydrogen) atoms. The lowest BCUT2D eigenvalue weighted by molar-refractivity contribution is -0.133. The molecule has 136 valence electrons. The third kappa shape index (κ3) is 5.03. The first-order chi connectivity index (χ1) is 11.3. The lowest BCUT2D eigenvalue weighted by Crippen LogP contribution is -2.45. The van der Waals surface area contributed by atoms with Crippen LogP contribution in [-0.4, -0.2) is 54.5 Å². The highest BCUT2D eigenvalue weighted by Crippen LogP contribution is 2.22. The second-order valence-electron chi connectivity index (χ2n) is 6.71. The first kappa shape index (κ1) is 18.9. The second-order valence-corrected chi connectivity index (χ2v) is 8.94. The number of nitrogens with zero attached hydrogens (tertiary/aromatic N) is 2. The van der Waals surface area contributed by atoms with Gasteiger partial charge in [-0.05, 0) is 19.8 Å². The van der Waals surface area contributed by atoms with Crippen LogP contribution in [-0.2, 0) is 19.4 Å². The third-order valence-corrected chi connectivity index (χ3v) is 6.24. The molecule has 0 aromatic rings. The van der Waals surface area contributed by atoms with Crippen LogP contribution in [0.3, 0.4) is 0 Å². The molecule has 0 aromatic carbocycles. The van der Waals surface area contributed by atoms with Gasteiger partial charge in [-0.15, -0.1) is 0 Å². The molecule has 0 radical (unpaired) electrons. The molecule has 7 nitrogen and oxygen atoms in total. The molecule has 1 fully saturated rings. The van der Waals surface area contributed by atoms with E-state index in [9.17, 15) is 18.0 Å². The van der Waals surface area contributed by atoms with Crippen molar-refractivity contribution >= 4 is 27.4 Å². The minimum absolute atomic E-state index is 0.0599. The van der Waals surface area contributed by atoms with Crippen molar-refractivity contribution in [3.63, 3.8) is 0 Å². The Morgan fingerprint density at radius 2 is 2.12 bits per heavy atom. The van der Waals surface area contributed by atoms with Gasteiger partial charge in [-0.3, -0.25) is 9.59 Å². The van der Waals surface area contributed by atoms with E-state index in [2.05, 4.69) is 17.3 Å². The van der Waals surface area contributed by atoms with Crippen molar-refractivity contribution < 1.29 is 18.0 Å². The van der Waals surface area contributed by atoms with Gasteiger partial charge in [0.15, 0.2) is 9.84 Å². The number of carbonyl (C=O) groups excluding carboxylic acids is 2. The predicted molar refractivity (Wildman–Crippen MR) is 92.3 cm³/mol. The van der Waals surface area contributed by atoms with Crippen molar-refractivity contribution in [1.29, 1.82) is 0 Å². The van der Waals surface area contributed by atoms with Gasteiger partial charge < -0.3 is 5.32 Å². The molecule has 0 spiro atoms. The number of hydrogen-bond acceptors (Lipinski definition) is 5. The number of hydrazone groups is 1. The number of carbonyl (C=O) groups is 2. The lowest BCUT2D eigenvalue weighted by atomic mass is 10.1.